The molecule has 3 unspecified atom stereocenters. The normalized spacial score (nSPS) is 23.7. The molecule has 1 saturated heterocycles. The van der Waals surface area contributed by atoms with Crippen molar-refractivity contribution in [2.45, 2.75) is 24.8 Å². The van der Waals surface area contributed by atoms with E-state index in [4.69, 9.17) is 16.3 Å². The summed E-state index contributed by atoms with van der Waals surface area (Å²) in [7, 11) is 0. The van der Waals surface area contributed by atoms with Crippen LogP contribution in [0.2, 0.25) is 5.02 Å². The van der Waals surface area contributed by atoms with E-state index in [1.165, 1.54) is 11.8 Å². The highest BCUT2D eigenvalue weighted by Gasteiger charge is 2.38. The number of thioether (sulfide) groups is 1. The number of hydrazine groups is 1. The minimum absolute atomic E-state index is 0.183. The van der Waals surface area contributed by atoms with Crippen molar-refractivity contribution in [1.82, 2.24) is 16.1 Å². The van der Waals surface area contributed by atoms with Crippen molar-refractivity contribution in [2.24, 2.45) is 5.92 Å². The molecule has 1 aromatic carbocycles. The summed E-state index contributed by atoms with van der Waals surface area (Å²) in [5.41, 5.74) is 7.36. The molecule has 0 spiro atoms. The third-order valence-corrected chi connectivity index (χ3v) is 5.67. The van der Waals surface area contributed by atoms with Gasteiger partial charge >= 0.3 is 6.09 Å². The molecule has 26 heavy (non-hydrogen) atoms. The molecule has 0 bridgehead atoms. The van der Waals surface area contributed by atoms with E-state index in [1.807, 2.05) is 0 Å². The maximum atomic E-state index is 12.7. The number of rotatable bonds is 4. The fraction of sp³-hybridized carbons (Fsp3) is 0.438. The zero-order valence-corrected chi connectivity index (χ0v) is 15.6. The molecular weight excluding hydrogens is 380 g/mol. The summed E-state index contributed by atoms with van der Waals surface area (Å²) in [5, 5.41) is 5.26. The van der Waals surface area contributed by atoms with Gasteiger partial charge in [0, 0.05) is 10.6 Å². The van der Waals surface area contributed by atoms with Crippen molar-refractivity contribution in [3.63, 3.8) is 0 Å². The summed E-state index contributed by atoms with van der Waals surface area (Å²) in [4.78, 5) is 36.4. The van der Waals surface area contributed by atoms with Crippen LogP contribution in [0.3, 0.4) is 0 Å². The number of alkyl carbamates (subject to hydrolysis) is 1. The Kier molecular flexibility index (Phi) is 5.90. The number of imide groups is 1. The molecule has 10 heteroatoms. The van der Waals surface area contributed by atoms with Gasteiger partial charge in [-0.05, 0) is 31.2 Å². The van der Waals surface area contributed by atoms with Gasteiger partial charge in [0.15, 0.2) is 0 Å². The molecule has 2 heterocycles. The number of amides is 3. The van der Waals surface area contributed by atoms with E-state index in [0.717, 1.165) is 11.3 Å². The van der Waals surface area contributed by atoms with Crippen molar-refractivity contribution in [3.8, 4) is 0 Å². The fourth-order valence-corrected chi connectivity index (χ4v) is 4.41. The number of ether oxygens (including phenoxy) is 1. The Labute approximate surface area is 159 Å². The summed E-state index contributed by atoms with van der Waals surface area (Å²) >= 11 is 7.43. The number of nitrogens with one attached hydrogen (secondary N) is 4. The molecule has 4 N–H and O–H groups in total. The third kappa shape index (κ3) is 4.05. The first-order valence-electron chi connectivity index (χ1n) is 8.20. The minimum Gasteiger partial charge on any atom is -0.450 e. The highest BCUT2D eigenvalue weighted by Crippen LogP contribution is 2.34. The summed E-state index contributed by atoms with van der Waals surface area (Å²) in [6.07, 6.45) is -0.199. The Balaban J connectivity index is 1.62. The lowest BCUT2D eigenvalue weighted by Crippen LogP contribution is -2.47. The number of carbonyl (C=O) groups is 3. The zero-order chi connectivity index (χ0) is 18.7. The molecule has 0 radical (unpaired) electrons. The Hall–Kier alpha value is -1.97. The average molecular weight is 399 g/mol. The van der Waals surface area contributed by atoms with E-state index < -0.39 is 29.3 Å². The van der Waals surface area contributed by atoms with Crippen LogP contribution in [0.25, 0.3) is 0 Å². The van der Waals surface area contributed by atoms with E-state index >= 15 is 0 Å². The van der Waals surface area contributed by atoms with Gasteiger partial charge in [0.05, 0.1) is 23.6 Å². The Morgan fingerprint density at radius 3 is 2.92 bits per heavy atom. The van der Waals surface area contributed by atoms with E-state index in [9.17, 15) is 14.4 Å². The molecule has 3 amide bonds. The Morgan fingerprint density at radius 1 is 1.35 bits per heavy atom. The zero-order valence-electron chi connectivity index (χ0n) is 14.0. The monoisotopic (exact) mass is 398 g/mol. The van der Waals surface area contributed by atoms with Crippen LogP contribution in [0.1, 0.15) is 24.9 Å². The highest BCUT2D eigenvalue weighted by atomic mass is 35.5. The van der Waals surface area contributed by atoms with Gasteiger partial charge in [-0.1, -0.05) is 17.7 Å². The first-order valence-corrected chi connectivity index (χ1v) is 9.63. The van der Waals surface area contributed by atoms with E-state index in [1.54, 1.807) is 25.1 Å². The standard InChI is InChI=1S/C16H19ClN4O4S/c1-2-25-16(24)19-13(22)10-5-6-26-15(10)18-14(23)12-9-4-3-8(17)7-11(9)20-21-12/h3-4,7,10,12,15,20-21H,2,5-6H2,1H3,(H,18,23)(H,19,22,24). The summed E-state index contributed by atoms with van der Waals surface area (Å²) < 4.78 is 4.72. The lowest BCUT2D eigenvalue weighted by molar-refractivity contribution is -0.126. The summed E-state index contributed by atoms with van der Waals surface area (Å²) in [6.45, 7) is 1.84. The van der Waals surface area contributed by atoms with Crippen LogP contribution in [0.4, 0.5) is 10.5 Å². The number of benzene rings is 1. The van der Waals surface area contributed by atoms with Crippen molar-refractivity contribution in [3.05, 3.63) is 28.8 Å². The van der Waals surface area contributed by atoms with Gasteiger partial charge in [0.2, 0.25) is 11.8 Å². The van der Waals surface area contributed by atoms with Gasteiger partial charge in [-0.2, -0.15) is 0 Å². The fourth-order valence-electron chi connectivity index (χ4n) is 2.91. The van der Waals surface area contributed by atoms with Crippen molar-refractivity contribution in [1.29, 1.82) is 0 Å². The second-order valence-electron chi connectivity index (χ2n) is 5.84. The Morgan fingerprint density at radius 2 is 2.15 bits per heavy atom. The number of carbonyl (C=O) groups excluding carboxylic acids is 3. The van der Waals surface area contributed by atoms with E-state index in [0.29, 0.717) is 17.2 Å². The van der Waals surface area contributed by atoms with Gasteiger partial charge in [-0.3, -0.25) is 14.9 Å². The predicted octanol–water partition coefficient (Wildman–Crippen LogP) is 1.78. The molecule has 0 aromatic heterocycles. The molecule has 1 aromatic rings. The van der Waals surface area contributed by atoms with E-state index in [-0.39, 0.29) is 12.5 Å². The summed E-state index contributed by atoms with van der Waals surface area (Å²) in [5.74, 6) is -0.475. The highest BCUT2D eigenvalue weighted by molar-refractivity contribution is 8.00. The van der Waals surface area contributed by atoms with E-state index in [2.05, 4.69) is 21.5 Å². The van der Waals surface area contributed by atoms with Crippen LogP contribution in [-0.2, 0) is 14.3 Å². The smallest absolute Gasteiger partial charge is 0.413 e. The molecule has 3 rings (SSSR count). The number of anilines is 1. The second kappa shape index (κ2) is 8.15. The van der Waals surface area contributed by atoms with Gasteiger partial charge in [0.1, 0.15) is 6.04 Å². The third-order valence-electron chi connectivity index (χ3n) is 4.15. The van der Waals surface area contributed by atoms with Gasteiger partial charge in [-0.15, -0.1) is 11.8 Å². The van der Waals surface area contributed by atoms with Crippen LogP contribution in [0.5, 0.6) is 0 Å². The van der Waals surface area contributed by atoms with Gasteiger partial charge < -0.3 is 15.5 Å². The van der Waals surface area contributed by atoms with Crippen LogP contribution < -0.4 is 21.5 Å². The number of hydrogen-bond acceptors (Lipinski definition) is 7. The molecule has 0 aliphatic carbocycles. The molecule has 2 aliphatic rings. The maximum Gasteiger partial charge on any atom is 0.413 e. The van der Waals surface area contributed by atoms with Crippen LogP contribution in [0.15, 0.2) is 18.2 Å². The second-order valence-corrected chi connectivity index (χ2v) is 7.52. The average Bonchev–Trinajstić information content (AvgIpc) is 3.21. The quantitative estimate of drug-likeness (QED) is 0.612. The topological polar surface area (TPSA) is 109 Å². The van der Waals surface area contributed by atoms with Crippen molar-refractivity contribution in [2.75, 3.05) is 17.8 Å². The van der Waals surface area contributed by atoms with Gasteiger partial charge in [-0.25, -0.2) is 10.2 Å². The first kappa shape index (κ1) is 18.8. The largest absolute Gasteiger partial charge is 0.450 e. The molecule has 8 nitrogen and oxygen atoms in total. The van der Waals surface area contributed by atoms with Gasteiger partial charge in [0.25, 0.3) is 0 Å². The number of hydrogen-bond donors (Lipinski definition) is 4. The summed E-state index contributed by atoms with van der Waals surface area (Å²) in [6, 6.07) is 4.64. The SMILES string of the molecule is CCOC(=O)NC(=O)C1CCSC1NC(=O)C1NNc2cc(Cl)ccc21. The molecule has 0 saturated carbocycles. The molecule has 3 atom stereocenters. The first-order chi connectivity index (χ1) is 12.5. The molecule has 140 valence electrons. The molecule has 2 aliphatic heterocycles. The lowest BCUT2D eigenvalue weighted by Gasteiger charge is -2.21. The minimum atomic E-state index is -0.771. The van der Waals surface area contributed by atoms with Crippen LogP contribution >= 0.6 is 23.4 Å². The lowest BCUT2D eigenvalue weighted by atomic mass is 10.0. The number of halogens is 1. The van der Waals surface area contributed by atoms with Crippen molar-refractivity contribution < 1.29 is 19.1 Å². The van der Waals surface area contributed by atoms with Crippen LogP contribution in [-0.4, -0.2) is 35.6 Å². The maximum absolute atomic E-state index is 12.7. The van der Waals surface area contributed by atoms with Crippen molar-refractivity contribution >= 4 is 47.0 Å². The Bertz CT molecular complexity index is 732. The van der Waals surface area contributed by atoms with Crippen LogP contribution in [0, 0.1) is 5.92 Å². The number of fused-ring (bicyclic) bond motifs is 1. The predicted molar refractivity (Wildman–Crippen MR) is 98.6 cm³/mol. The molecular formula is C16H19ClN4O4S. The molecule has 1 fully saturated rings.